The van der Waals surface area contributed by atoms with E-state index in [4.69, 9.17) is 4.74 Å². The fraction of sp³-hybridized carbons (Fsp3) is 0.316. The number of benzene rings is 2. The summed E-state index contributed by atoms with van der Waals surface area (Å²) in [4.78, 5) is 13.8. The minimum atomic E-state index is -0.789. The minimum absolute atomic E-state index is 0.134. The number of hydrogen-bond donors (Lipinski definition) is 1. The van der Waals surface area contributed by atoms with E-state index >= 15 is 0 Å². The number of nitrogens with zero attached hydrogens (tertiary/aromatic N) is 1. The Kier molecular flexibility index (Phi) is 6.46. The number of hydrogen-bond acceptors (Lipinski definition) is 3. The molecule has 0 fully saturated rings. The number of halogens is 1. The number of carbonyl (C=O) groups excluding carboxylic acids is 1. The normalized spacial score (nSPS) is 12.0. The van der Waals surface area contributed by atoms with Crippen molar-refractivity contribution in [1.82, 2.24) is 4.90 Å². The lowest BCUT2D eigenvalue weighted by atomic mass is 10.1. The van der Waals surface area contributed by atoms with Gasteiger partial charge in [-0.2, -0.15) is 0 Å². The van der Waals surface area contributed by atoms with Crippen molar-refractivity contribution in [3.05, 3.63) is 71.0 Å². The van der Waals surface area contributed by atoms with Crippen LogP contribution >= 0.6 is 0 Å². The molecule has 0 aliphatic carbocycles. The summed E-state index contributed by atoms with van der Waals surface area (Å²) in [5, 5.41) is 10.0. The Bertz CT molecular complexity index is 676. The second kappa shape index (κ2) is 8.57. The summed E-state index contributed by atoms with van der Waals surface area (Å²) in [5.41, 5.74) is 2.02. The molecule has 0 spiro atoms. The number of likely N-dealkylation sites (N-methyl/N-ethyl adjacent to an activating group) is 1. The highest BCUT2D eigenvalue weighted by Gasteiger charge is 2.17. The van der Waals surface area contributed by atoms with Crippen molar-refractivity contribution >= 4 is 5.91 Å². The highest BCUT2D eigenvalue weighted by Crippen LogP contribution is 2.12. The lowest BCUT2D eigenvalue weighted by Crippen LogP contribution is -2.36. The molecule has 128 valence electrons. The third-order valence-electron chi connectivity index (χ3n) is 3.67. The number of rotatable bonds is 7. The number of ether oxygens (including phenoxy) is 1. The van der Waals surface area contributed by atoms with Gasteiger partial charge in [-0.3, -0.25) is 4.79 Å². The van der Waals surface area contributed by atoms with Crippen LogP contribution < -0.4 is 0 Å². The fourth-order valence-corrected chi connectivity index (χ4v) is 2.41. The van der Waals surface area contributed by atoms with E-state index in [-0.39, 0.29) is 24.9 Å². The summed E-state index contributed by atoms with van der Waals surface area (Å²) < 4.78 is 18.6. The largest absolute Gasteiger partial charge is 0.389 e. The van der Waals surface area contributed by atoms with Gasteiger partial charge in [0.1, 0.15) is 5.82 Å². The monoisotopic (exact) mass is 331 g/mol. The second-order valence-electron chi connectivity index (χ2n) is 5.80. The first-order chi connectivity index (χ1) is 11.5. The van der Waals surface area contributed by atoms with Crippen LogP contribution in [0.5, 0.6) is 0 Å². The number of aryl methyl sites for hydroxylation is 1. The minimum Gasteiger partial charge on any atom is -0.389 e. The van der Waals surface area contributed by atoms with Crippen LogP contribution in [0.2, 0.25) is 0 Å². The van der Waals surface area contributed by atoms with Gasteiger partial charge in [0.05, 0.1) is 19.3 Å². The van der Waals surface area contributed by atoms with Gasteiger partial charge < -0.3 is 14.7 Å². The van der Waals surface area contributed by atoms with Crippen LogP contribution in [0.25, 0.3) is 0 Å². The molecule has 24 heavy (non-hydrogen) atoms. The molecule has 1 amide bonds. The van der Waals surface area contributed by atoms with E-state index in [1.54, 1.807) is 14.0 Å². The summed E-state index contributed by atoms with van der Waals surface area (Å²) in [6, 6.07) is 13.7. The topological polar surface area (TPSA) is 49.8 Å². The number of aliphatic hydroxyl groups excluding tert-OH is 1. The molecule has 0 aromatic heterocycles. The van der Waals surface area contributed by atoms with Gasteiger partial charge in [0.2, 0.25) is 0 Å². The summed E-state index contributed by atoms with van der Waals surface area (Å²) in [6.07, 6.45) is -0.789. The molecule has 5 heteroatoms. The third-order valence-corrected chi connectivity index (χ3v) is 3.67. The molecule has 2 aromatic carbocycles. The third kappa shape index (κ3) is 5.15. The predicted molar refractivity (Wildman–Crippen MR) is 90.2 cm³/mol. The smallest absolute Gasteiger partial charge is 0.253 e. The molecule has 0 radical (unpaired) electrons. The summed E-state index contributed by atoms with van der Waals surface area (Å²) >= 11 is 0. The summed E-state index contributed by atoms with van der Waals surface area (Å²) in [6.45, 7) is 2.37. The zero-order valence-electron chi connectivity index (χ0n) is 13.9. The van der Waals surface area contributed by atoms with Crippen LogP contribution in [0.15, 0.2) is 48.5 Å². The Balaban J connectivity index is 1.82. The number of carbonyl (C=O) groups is 1. The van der Waals surface area contributed by atoms with Crippen molar-refractivity contribution in [3.8, 4) is 0 Å². The highest BCUT2D eigenvalue weighted by molar-refractivity contribution is 5.95. The quantitative estimate of drug-likeness (QED) is 0.849. The maximum atomic E-state index is 13.1. The molecule has 0 aliphatic rings. The maximum absolute atomic E-state index is 13.1. The van der Waals surface area contributed by atoms with Crippen molar-refractivity contribution in [2.75, 3.05) is 20.2 Å². The first kappa shape index (κ1) is 18.1. The molecule has 0 bridgehead atoms. The molecule has 1 unspecified atom stereocenters. The van der Waals surface area contributed by atoms with Gasteiger partial charge in [-0.25, -0.2) is 4.39 Å². The molecule has 0 aliphatic heterocycles. The fourth-order valence-electron chi connectivity index (χ4n) is 2.41. The van der Waals surface area contributed by atoms with Crippen LogP contribution in [0.4, 0.5) is 4.39 Å². The Morgan fingerprint density at radius 3 is 2.62 bits per heavy atom. The molecule has 2 rings (SSSR count). The number of amides is 1. The Labute approximate surface area is 141 Å². The standard InChI is InChI=1S/C19H22FNO3/c1-14-10-16(20)8-9-18(14)19(23)21(2)11-17(22)13-24-12-15-6-4-3-5-7-15/h3-10,17,22H,11-13H2,1-2H3. The Morgan fingerprint density at radius 1 is 1.25 bits per heavy atom. The zero-order chi connectivity index (χ0) is 17.5. The summed E-state index contributed by atoms with van der Waals surface area (Å²) in [5.74, 6) is -0.629. The predicted octanol–water partition coefficient (Wildman–Crippen LogP) is 2.78. The molecule has 0 saturated heterocycles. The lowest BCUT2D eigenvalue weighted by molar-refractivity contribution is 0.0137. The first-order valence-electron chi connectivity index (χ1n) is 7.78. The second-order valence-corrected chi connectivity index (χ2v) is 5.80. The lowest BCUT2D eigenvalue weighted by Gasteiger charge is -2.21. The van der Waals surface area contributed by atoms with Crippen molar-refractivity contribution in [3.63, 3.8) is 0 Å². The van der Waals surface area contributed by atoms with Crippen LogP contribution in [-0.4, -0.2) is 42.2 Å². The van der Waals surface area contributed by atoms with Gasteiger partial charge in [0.25, 0.3) is 5.91 Å². The van der Waals surface area contributed by atoms with Crippen LogP contribution in [0.1, 0.15) is 21.5 Å². The van der Waals surface area contributed by atoms with E-state index in [0.29, 0.717) is 17.7 Å². The van der Waals surface area contributed by atoms with E-state index in [1.807, 2.05) is 30.3 Å². The van der Waals surface area contributed by atoms with Crippen molar-refractivity contribution in [1.29, 1.82) is 0 Å². The average Bonchev–Trinajstić information content (AvgIpc) is 2.55. The van der Waals surface area contributed by atoms with E-state index in [1.165, 1.54) is 23.1 Å². The molecule has 1 N–H and O–H groups in total. The van der Waals surface area contributed by atoms with Gasteiger partial charge in [0.15, 0.2) is 0 Å². The van der Waals surface area contributed by atoms with Crippen molar-refractivity contribution in [2.45, 2.75) is 19.6 Å². The first-order valence-corrected chi connectivity index (χ1v) is 7.78. The van der Waals surface area contributed by atoms with Crippen LogP contribution in [0, 0.1) is 12.7 Å². The molecule has 1 atom stereocenters. The molecular formula is C19H22FNO3. The van der Waals surface area contributed by atoms with E-state index in [0.717, 1.165) is 5.56 Å². The maximum Gasteiger partial charge on any atom is 0.253 e. The van der Waals surface area contributed by atoms with E-state index in [9.17, 15) is 14.3 Å². The van der Waals surface area contributed by atoms with Crippen LogP contribution in [-0.2, 0) is 11.3 Å². The summed E-state index contributed by atoms with van der Waals surface area (Å²) in [7, 11) is 1.60. The van der Waals surface area contributed by atoms with Gasteiger partial charge in [-0.1, -0.05) is 30.3 Å². The molecule has 2 aromatic rings. The van der Waals surface area contributed by atoms with E-state index < -0.39 is 6.10 Å². The Morgan fingerprint density at radius 2 is 1.96 bits per heavy atom. The van der Waals surface area contributed by atoms with Gasteiger partial charge >= 0.3 is 0 Å². The molecule has 4 nitrogen and oxygen atoms in total. The van der Waals surface area contributed by atoms with Gasteiger partial charge in [-0.05, 0) is 36.2 Å². The Hall–Kier alpha value is -2.24. The SMILES string of the molecule is Cc1cc(F)ccc1C(=O)N(C)CC(O)COCc1ccccc1. The molecule has 0 heterocycles. The molecular weight excluding hydrogens is 309 g/mol. The van der Waals surface area contributed by atoms with Crippen molar-refractivity contribution in [2.24, 2.45) is 0 Å². The van der Waals surface area contributed by atoms with Crippen LogP contribution in [0.3, 0.4) is 0 Å². The highest BCUT2D eigenvalue weighted by atomic mass is 19.1. The number of aliphatic hydroxyl groups is 1. The van der Waals surface area contributed by atoms with Gasteiger partial charge in [-0.15, -0.1) is 0 Å². The average molecular weight is 331 g/mol. The molecule has 0 saturated carbocycles. The zero-order valence-corrected chi connectivity index (χ0v) is 13.9. The van der Waals surface area contributed by atoms with Gasteiger partial charge in [0, 0.05) is 19.2 Å². The van der Waals surface area contributed by atoms with Crippen molar-refractivity contribution < 1.29 is 19.0 Å². The van der Waals surface area contributed by atoms with E-state index in [2.05, 4.69) is 0 Å².